The highest BCUT2D eigenvalue weighted by Gasteiger charge is 2.33. The van der Waals surface area contributed by atoms with E-state index in [9.17, 15) is 22.8 Å². The van der Waals surface area contributed by atoms with Gasteiger partial charge in [0.2, 0.25) is 0 Å². The van der Waals surface area contributed by atoms with Gasteiger partial charge in [-0.25, -0.2) is 13.2 Å². The molecular weight excluding hydrogens is 301 g/mol. The molecule has 1 saturated carbocycles. The first-order valence-corrected chi connectivity index (χ1v) is 6.79. The monoisotopic (exact) mass is 316 g/mol. The van der Waals surface area contributed by atoms with Crippen LogP contribution in [0.2, 0.25) is 0 Å². The zero-order chi connectivity index (χ0) is 16.3. The van der Waals surface area contributed by atoms with Crippen LogP contribution in [-0.2, 0) is 9.59 Å². The topological polar surface area (TPSA) is 78.4 Å². The zero-order valence-corrected chi connectivity index (χ0v) is 11.5. The third-order valence-electron chi connectivity index (χ3n) is 3.41. The molecule has 1 aromatic rings. The Morgan fingerprint density at radius 1 is 1.14 bits per heavy atom. The van der Waals surface area contributed by atoms with Crippen LogP contribution in [0, 0.1) is 23.4 Å². The van der Waals surface area contributed by atoms with E-state index in [0.717, 1.165) is 12.8 Å². The molecule has 5 nitrogen and oxygen atoms in total. The van der Waals surface area contributed by atoms with Crippen LogP contribution in [-0.4, -0.2) is 29.6 Å². The number of carbonyl (C=O) groups excluding carboxylic acids is 2. The Kier molecular flexibility index (Phi) is 5.02. The number of hydrogen-bond donors (Lipinski definition) is 3. The van der Waals surface area contributed by atoms with Gasteiger partial charge in [0.15, 0.2) is 11.6 Å². The van der Waals surface area contributed by atoms with Crippen LogP contribution in [0.5, 0.6) is 0 Å². The van der Waals surface area contributed by atoms with E-state index in [2.05, 4.69) is 5.32 Å². The molecule has 22 heavy (non-hydrogen) atoms. The second kappa shape index (κ2) is 6.78. The summed E-state index contributed by atoms with van der Waals surface area (Å²) in [5.74, 6) is -5.91. The van der Waals surface area contributed by atoms with Gasteiger partial charge in [0.05, 0.1) is 5.69 Å². The van der Waals surface area contributed by atoms with Crippen molar-refractivity contribution in [2.24, 2.45) is 5.92 Å². The highest BCUT2D eigenvalue weighted by Crippen LogP contribution is 2.33. The van der Waals surface area contributed by atoms with Gasteiger partial charge in [0.1, 0.15) is 5.82 Å². The van der Waals surface area contributed by atoms with E-state index >= 15 is 0 Å². The van der Waals surface area contributed by atoms with Crippen LogP contribution >= 0.6 is 0 Å². The third-order valence-corrected chi connectivity index (χ3v) is 3.41. The summed E-state index contributed by atoms with van der Waals surface area (Å²) in [7, 11) is 0. The number of rotatable bonds is 5. The minimum Gasteiger partial charge on any atom is -0.396 e. The summed E-state index contributed by atoms with van der Waals surface area (Å²) in [6.07, 6.45) is 2.10. The number of anilines is 1. The minimum absolute atomic E-state index is 0.138. The molecule has 1 aliphatic rings. The Hall–Kier alpha value is -2.09. The molecule has 1 atom stereocenters. The number of aliphatic hydroxyl groups is 1. The number of amides is 2. The lowest BCUT2D eigenvalue weighted by Crippen LogP contribution is -2.43. The van der Waals surface area contributed by atoms with Gasteiger partial charge in [-0.2, -0.15) is 0 Å². The van der Waals surface area contributed by atoms with Gasteiger partial charge in [0, 0.05) is 24.8 Å². The Morgan fingerprint density at radius 2 is 1.77 bits per heavy atom. The molecule has 1 aromatic carbocycles. The minimum atomic E-state index is -1.39. The van der Waals surface area contributed by atoms with Crippen molar-refractivity contribution in [2.75, 3.05) is 11.9 Å². The number of hydrogen-bond acceptors (Lipinski definition) is 3. The van der Waals surface area contributed by atoms with Gasteiger partial charge in [-0.05, 0) is 25.2 Å². The van der Waals surface area contributed by atoms with Crippen LogP contribution in [0.15, 0.2) is 12.1 Å². The van der Waals surface area contributed by atoms with E-state index in [1.807, 2.05) is 5.32 Å². The maximum Gasteiger partial charge on any atom is 0.313 e. The van der Waals surface area contributed by atoms with Gasteiger partial charge in [-0.3, -0.25) is 9.59 Å². The van der Waals surface area contributed by atoms with E-state index in [0.29, 0.717) is 12.5 Å². The number of benzene rings is 1. The van der Waals surface area contributed by atoms with Gasteiger partial charge in [0.25, 0.3) is 0 Å². The summed E-state index contributed by atoms with van der Waals surface area (Å²) in [4.78, 5) is 23.4. The standard InChI is InChI=1S/C14H15F3N2O3/c15-8-5-10(17)12(6-9(8)16)19-14(22)13(21)18-11(3-4-20)7-1-2-7/h5-7,11,20H,1-4H2,(H,18,21)(H,19,22). The fourth-order valence-electron chi connectivity index (χ4n) is 2.09. The van der Waals surface area contributed by atoms with Crippen molar-refractivity contribution in [1.82, 2.24) is 5.32 Å². The molecule has 2 rings (SSSR count). The first kappa shape index (κ1) is 16.3. The summed E-state index contributed by atoms with van der Waals surface area (Å²) in [5, 5.41) is 13.2. The Morgan fingerprint density at radius 3 is 2.36 bits per heavy atom. The first-order valence-electron chi connectivity index (χ1n) is 6.79. The molecule has 0 bridgehead atoms. The molecule has 3 N–H and O–H groups in total. The maximum atomic E-state index is 13.4. The van der Waals surface area contributed by atoms with Crippen molar-refractivity contribution in [2.45, 2.75) is 25.3 Å². The molecule has 1 fully saturated rings. The number of carbonyl (C=O) groups is 2. The maximum absolute atomic E-state index is 13.4. The molecule has 0 spiro atoms. The van der Waals surface area contributed by atoms with E-state index in [1.165, 1.54) is 0 Å². The van der Waals surface area contributed by atoms with Crippen molar-refractivity contribution in [3.63, 3.8) is 0 Å². The lowest BCUT2D eigenvalue weighted by molar-refractivity contribution is -0.136. The van der Waals surface area contributed by atoms with E-state index in [-0.39, 0.29) is 24.6 Å². The average molecular weight is 316 g/mol. The van der Waals surface area contributed by atoms with Crippen molar-refractivity contribution >= 4 is 17.5 Å². The second-order valence-electron chi connectivity index (χ2n) is 5.13. The lowest BCUT2D eigenvalue weighted by Gasteiger charge is -2.16. The lowest BCUT2D eigenvalue weighted by atomic mass is 10.1. The van der Waals surface area contributed by atoms with Gasteiger partial charge >= 0.3 is 11.8 Å². The van der Waals surface area contributed by atoms with Gasteiger partial charge in [-0.1, -0.05) is 0 Å². The molecule has 1 unspecified atom stereocenters. The van der Waals surface area contributed by atoms with E-state index in [4.69, 9.17) is 5.11 Å². The molecule has 2 amide bonds. The van der Waals surface area contributed by atoms with Crippen LogP contribution in [0.3, 0.4) is 0 Å². The van der Waals surface area contributed by atoms with Gasteiger partial charge < -0.3 is 15.7 Å². The average Bonchev–Trinajstić information content (AvgIpc) is 3.28. The second-order valence-corrected chi connectivity index (χ2v) is 5.13. The molecule has 0 aliphatic heterocycles. The quantitative estimate of drug-likeness (QED) is 0.566. The van der Waals surface area contributed by atoms with E-state index < -0.39 is 35.0 Å². The third kappa shape index (κ3) is 3.97. The summed E-state index contributed by atoms with van der Waals surface area (Å²) in [6, 6.07) is 0.405. The molecule has 120 valence electrons. The van der Waals surface area contributed by atoms with Crippen LogP contribution < -0.4 is 10.6 Å². The molecule has 8 heteroatoms. The molecular formula is C14H15F3N2O3. The number of aliphatic hydroxyl groups excluding tert-OH is 1. The fourth-order valence-corrected chi connectivity index (χ4v) is 2.09. The molecule has 0 saturated heterocycles. The first-order chi connectivity index (χ1) is 10.4. The molecule has 0 radical (unpaired) electrons. The fraction of sp³-hybridized carbons (Fsp3) is 0.429. The predicted molar refractivity (Wildman–Crippen MR) is 71.3 cm³/mol. The van der Waals surface area contributed by atoms with E-state index in [1.54, 1.807) is 0 Å². The van der Waals surface area contributed by atoms with Crippen LogP contribution in [0.25, 0.3) is 0 Å². The Labute approximate surface area is 124 Å². The molecule has 1 aliphatic carbocycles. The highest BCUT2D eigenvalue weighted by molar-refractivity contribution is 6.39. The molecule has 0 aromatic heterocycles. The van der Waals surface area contributed by atoms with Crippen molar-refractivity contribution < 1.29 is 27.9 Å². The highest BCUT2D eigenvalue weighted by atomic mass is 19.2. The summed E-state index contributed by atoms with van der Waals surface area (Å²) >= 11 is 0. The Bertz CT molecular complexity index is 591. The Balaban J connectivity index is 1.99. The summed E-state index contributed by atoms with van der Waals surface area (Å²) < 4.78 is 39.2. The van der Waals surface area contributed by atoms with Crippen molar-refractivity contribution in [1.29, 1.82) is 0 Å². The number of nitrogens with one attached hydrogen (secondary N) is 2. The van der Waals surface area contributed by atoms with Crippen LogP contribution in [0.4, 0.5) is 18.9 Å². The van der Waals surface area contributed by atoms with Crippen molar-refractivity contribution in [3.8, 4) is 0 Å². The normalized spacial score (nSPS) is 15.3. The number of halogens is 3. The molecule has 0 heterocycles. The zero-order valence-electron chi connectivity index (χ0n) is 11.5. The van der Waals surface area contributed by atoms with Crippen molar-refractivity contribution in [3.05, 3.63) is 29.6 Å². The predicted octanol–water partition coefficient (Wildman–Crippen LogP) is 1.32. The van der Waals surface area contributed by atoms with Crippen LogP contribution in [0.1, 0.15) is 19.3 Å². The summed E-state index contributed by atoms with van der Waals surface area (Å²) in [6.45, 7) is -0.138. The SMILES string of the molecule is O=C(Nc1cc(F)c(F)cc1F)C(=O)NC(CCO)C1CC1. The smallest absolute Gasteiger partial charge is 0.313 e. The van der Waals surface area contributed by atoms with Gasteiger partial charge in [-0.15, -0.1) is 0 Å². The summed E-state index contributed by atoms with van der Waals surface area (Å²) in [5.41, 5.74) is -0.621. The largest absolute Gasteiger partial charge is 0.396 e.